The fourth-order valence-electron chi connectivity index (χ4n) is 0.511. The van der Waals surface area contributed by atoms with Crippen LogP contribution < -0.4 is 0 Å². The van der Waals surface area contributed by atoms with Crippen LogP contribution in [-0.4, -0.2) is 16.4 Å². The number of hydrogen-bond acceptors (Lipinski definition) is 3. The summed E-state index contributed by atoms with van der Waals surface area (Å²) >= 11 is 0. The summed E-state index contributed by atoms with van der Waals surface area (Å²) in [6.07, 6.45) is 2.91. The molecule has 0 saturated carbocycles. The normalized spacial score (nSPS) is 8.91. The average molecular weight is 152 g/mol. The highest BCUT2D eigenvalue weighted by Crippen LogP contribution is 1.86. The molecule has 1 N–H and O–H groups in total. The molecule has 0 spiro atoms. The average Bonchev–Trinajstić information content (AvgIpc) is 2.11. The fourth-order valence-corrected chi connectivity index (χ4v) is 0.511. The minimum Gasteiger partial charge on any atom is -0.411 e. The number of aromatic nitrogens is 1. The van der Waals surface area contributed by atoms with Crippen LogP contribution in [0, 0.1) is 0 Å². The SMILES string of the molecule is CC.ON=Cc1ccccn1. The lowest BCUT2D eigenvalue weighted by atomic mass is 10.4. The van der Waals surface area contributed by atoms with Gasteiger partial charge >= 0.3 is 0 Å². The Hall–Kier alpha value is -1.38. The molecule has 0 fully saturated rings. The molecule has 11 heavy (non-hydrogen) atoms. The molecule has 0 unspecified atom stereocenters. The molecule has 0 radical (unpaired) electrons. The van der Waals surface area contributed by atoms with Crippen molar-refractivity contribution in [2.45, 2.75) is 13.8 Å². The van der Waals surface area contributed by atoms with Crippen LogP contribution in [-0.2, 0) is 0 Å². The lowest BCUT2D eigenvalue weighted by Gasteiger charge is -1.84. The molecule has 1 aromatic rings. The van der Waals surface area contributed by atoms with E-state index in [0.717, 1.165) is 0 Å². The first kappa shape index (κ1) is 9.62. The van der Waals surface area contributed by atoms with Crippen molar-refractivity contribution in [3.8, 4) is 0 Å². The van der Waals surface area contributed by atoms with Crippen LogP contribution in [0.5, 0.6) is 0 Å². The molecule has 60 valence electrons. The lowest BCUT2D eigenvalue weighted by Crippen LogP contribution is -1.83. The predicted octanol–water partition coefficient (Wildman–Crippen LogP) is 1.92. The summed E-state index contributed by atoms with van der Waals surface area (Å²) < 4.78 is 0. The molecule has 0 bridgehead atoms. The summed E-state index contributed by atoms with van der Waals surface area (Å²) in [4.78, 5) is 3.86. The number of rotatable bonds is 1. The summed E-state index contributed by atoms with van der Waals surface area (Å²) in [6.45, 7) is 4.00. The maximum absolute atomic E-state index is 8.05. The van der Waals surface area contributed by atoms with Gasteiger partial charge in [0.25, 0.3) is 0 Å². The van der Waals surface area contributed by atoms with Crippen molar-refractivity contribution in [3.63, 3.8) is 0 Å². The van der Waals surface area contributed by atoms with E-state index in [0.29, 0.717) is 5.69 Å². The molecule has 0 aliphatic carbocycles. The lowest BCUT2D eigenvalue weighted by molar-refractivity contribution is 0.321. The molecule has 0 aliphatic heterocycles. The second-order valence-electron chi connectivity index (χ2n) is 1.50. The summed E-state index contributed by atoms with van der Waals surface area (Å²) in [6, 6.07) is 5.37. The smallest absolute Gasteiger partial charge is 0.0918 e. The Morgan fingerprint density at radius 3 is 2.64 bits per heavy atom. The van der Waals surface area contributed by atoms with Gasteiger partial charge < -0.3 is 5.21 Å². The van der Waals surface area contributed by atoms with Crippen molar-refractivity contribution in [1.29, 1.82) is 0 Å². The highest BCUT2D eigenvalue weighted by atomic mass is 16.4. The molecule has 1 heterocycles. The summed E-state index contributed by atoms with van der Waals surface area (Å²) in [7, 11) is 0. The molecule has 0 atom stereocenters. The molecule has 3 nitrogen and oxygen atoms in total. The molecule has 3 heteroatoms. The number of pyridine rings is 1. The number of hydrogen-bond donors (Lipinski definition) is 1. The van der Waals surface area contributed by atoms with Gasteiger partial charge in [0, 0.05) is 6.20 Å². The highest BCUT2D eigenvalue weighted by molar-refractivity contribution is 5.75. The van der Waals surface area contributed by atoms with Crippen LogP contribution >= 0.6 is 0 Å². The fraction of sp³-hybridized carbons (Fsp3) is 0.250. The third-order valence-electron chi connectivity index (χ3n) is 0.878. The summed E-state index contributed by atoms with van der Waals surface area (Å²) in [5.74, 6) is 0. The van der Waals surface area contributed by atoms with Crippen LogP contribution in [0.1, 0.15) is 19.5 Å². The van der Waals surface area contributed by atoms with Crippen molar-refractivity contribution < 1.29 is 5.21 Å². The minimum absolute atomic E-state index is 0.653. The van der Waals surface area contributed by atoms with Crippen molar-refractivity contribution in [1.82, 2.24) is 4.98 Å². The number of nitrogens with zero attached hydrogens (tertiary/aromatic N) is 2. The van der Waals surface area contributed by atoms with E-state index in [1.165, 1.54) is 6.21 Å². The van der Waals surface area contributed by atoms with Gasteiger partial charge in [-0.3, -0.25) is 4.98 Å². The van der Waals surface area contributed by atoms with Crippen molar-refractivity contribution in [3.05, 3.63) is 30.1 Å². The maximum atomic E-state index is 8.05. The van der Waals surface area contributed by atoms with Crippen molar-refractivity contribution >= 4 is 6.21 Å². The van der Waals surface area contributed by atoms with Gasteiger partial charge in [-0.05, 0) is 12.1 Å². The Kier molecular flexibility index (Phi) is 5.89. The van der Waals surface area contributed by atoms with Crippen LogP contribution in [0.2, 0.25) is 0 Å². The van der Waals surface area contributed by atoms with Crippen molar-refractivity contribution in [2.75, 3.05) is 0 Å². The second kappa shape index (κ2) is 6.74. The zero-order valence-corrected chi connectivity index (χ0v) is 6.73. The first-order valence-corrected chi connectivity index (χ1v) is 3.52. The van der Waals surface area contributed by atoms with Crippen molar-refractivity contribution in [2.24, 2.45) is 5.16 Å². The van der Waals surface area contributed by atoms with Gasteiger partial charge in [-0.2, -0.15) is 0 Å². The van der Waals surface area contributed by atoms with Crippen LogP contribution in [0.15, 0.2) is 29.6 Å². The molecule has 0 aromatic carbocycles. The van der Waals surface area contributed by atoms with E-state index in [1.54, 1.807) is 18.3 Å². The quantitative estimate of drug-likeness (QED) is 0.379. The predicted molar refractivity (Wildman–Crippen MR) is 45.0 cm³/mol. The number of oxime groups is 1. The molecule has 0 saturated heterocycles. The van der Waals surface area contributed by atoms with E-state index in [1.807, 2.05) is 19.9 Å². The third kappa shape index (κ3) is 4.08. The van der Waals surface area contributed by atoms with Gasteiger partial charge in [-0.15, -0.1) is 0 Å². The minimum atomic E-state index is 0.653. The van der Waals surface area contributed by atoms with Crippen LogP contribution in [0.25, 0.3) is 0 Å². The van der Waals surface area contributed by atoms with E-state index < -0.39 is 0 Å². The molecule has 1 aromatic heterocycles. The van der Waals surface area contributed by atoms with E-state index in [-0.39, 0.29) is 0 Å². The first-order valence-electron chi connectivity index (χ1n) is 3.52. The molecule has 1 rings (SSSR count). The Bertz CT molecular complexity index is 197. The van der Waals surface area contributed by atoms with E-state index in [2.05, 4.69) is 10.1 Å². The molecular weight excluding hydrogens is 140 g/mol. The summed E-state index contributed by atoms with van der Waals surface area (Å²) in [5.41, 5.74) is 0.653. The van der Waals surface area contributed by atoms with Gasteiger partial charge in [0.05, 0.1) is 11.9 Å². The standard InChI is InChI=1S/C6H6N2O.C2H6/c9-8-5-6-3-1-2-4-7-6;1-2/h1-5,9H;1-2H3. The molecule has 0 aliphatic rings. The highest BCUT2D eigenvalue weighted by Gasteiger charge is 1.81. The monoisotopic (exact) mass is 152 g/mol. The van der Waals surface area contributed by atoms with Crippen LogP contribution in [0.3, 0.4) is 0 Å². The van der Waals surface area contributed by atoms with Gasteiger partial charge in [-0.1, -0.05) is 25.1 Å². The Morgan fingerprint density at radius 1 is 1.45 bits per heavy atom. The first-order chi connectivity index (χ1) is 5.43. The zero-order chi connectivity index (χ0) is 8.53. The van der Waals surface area contributed by atoms with Gasteiger partial charge in [-0.25, -0.2) is 0 Å². The zero-order valence-electron chi connectivity index (χ0n) is 6.73. The van der Waals surface area contributed by atoms with Gasteiger partial charge in [0.15, 0.2) is 0 Å². The second-order valence-corrected chi connectivity index (χ2v) is 1.50. The van der Waals surface area contributed by atoms with E-state index >= 15 is 0 Å². The van der Waals surface area contributed by atoms with E-state index in [9.17, 15) is 0 Å². The molecule has 0 amide bonds. The Morgan fingerprint density at radius 2 is 2.18 bits per heavy atom. The Balaban J connectivity index is 0.000000461. The largest absolute Gasteiger partial charge is 0.411 e. The van der Waals surface area contributed by atoms with Crippen LogP contribution in [0.4, 0.5) is 0 Å². The van der Waals surface area contributed by atoms with Gasteiger partial charge in [0.2, 0.25) is 0 Å². The summed E-state index contributed by atoms with van der Waals surface area (Å²) in [5, 5.41) is 10.9. The Labute approximate surface area is 66.4 Å². The van der Waals surface area contributed by atoms with Gasteiger partial charge in [0.1, 0.15) is 0 Å². The maximum Gasteiger partial charge on any atom is 0.0918 e. The topological polar surface area (TPSA) is 45.5 Å². The van der Waals surface area contributed by atoms with E-state index in [4.69, 9.17) is 5.21 Å². The third-order valence-corrected chi connectivity index (χ3v) is 0.878. The molecular formula is C8H12N2O.